The summed E-state index contributed by atoms with van der Waals surface area (Å²) in [6, 6.07) is 15.2. The molecule has 0 aliphatic heterocycles. The van der Waals surface area contributed by atoms with Gasteiger partial charge in [-0.1, -0.05) is 72.8 Å². The zero-order chi connectivity index (χ0) is 26.9. The largest absolute Gasteiger partial charge is 0.441 e. The van der Waals surface area contributed by atoms with Gasteiger partial charge in [0.1, 0.15) is 0 Å². The first-order valence-electron chi connectivity index (χ1n) is 12.4. The van der Waals surface area contributed by atoms with Gasteiger partial charge in [0.2, 0.25) is 0 Å². The lowest BCUT2D eigenvalue weighted by Crippen LogP contribution is -2.43. The molecule has 196 valence electrons. The van der Waals surface area contributed by atoms with Gasteiger partial charge < -0.3 is 4.74 Å². The molecule has 4 atom stereocenters. The van der Waals surface area contributed by atoms with Gasteiger partial charge >= 0.3 is 18.3 Å². The van der Waals surface area contributed by atoms with Crippen LogP contribution >= 0.6 is 0 Å². The molecule has 4 aliphatic rings. The minimum atomic E-state index is -4.83. The predicted molar refractivity (Wildman–Crippen MR) is 128 cm³/mol. The van der Waals surface area contributed by atoms with Gasteiger partial charge in [0.05, 0.1) is 5.56 Å². The molecule has 2 aromatic carbocycles. The van der Waals surface area contributed by atoms with Crippen LogP contribution in [0.25, 0.3) is 0 Å². The fraction of sp³-hybridized carbons (Fsp3) is 0.300. The minimum absolute atomic E-state index is 0.0357. The van der Waals surface area contributed by atoms with E-state index in [1.165, 1.54) is 48.6 Å². The van der Waals surface area contributed by atoms with E-state index in [2.05, 4.69) is 0 Å². The minimum Gasteiger partial charge on any atom is -0.441 e. The number of fused-ring (bicyclic) bond motifs is 4. The molecule has 0 heterocycles. The Morgan fingerprint density at radius 2 is 1.00 bits per heavy atom. The van der Waals surface area contributed by atoms with Crippen LogP contribution < -0.4 is 0 Å². The molecule has 8 heteroatoms. The summed E-state index contributed by atoms with van der Waals surface area (Å²) in [7, 11) is 0. The maximum absolute atomic E-state index is 14.7. The van der Waals surface area contributed by atoms with Gasteiger partial charge in [-0.3, -0.25) is 0 Å². The Morgan fingerprint density at radius 1 is 0.605 bits per heavy atom. The summed E-state index contributed by atoms with van der Waals surface area (Å²) in [5, 5.41) is 0. The van der Waals surface area contributed by atoms with Crippen LogP contribution in [0, 0.1) is 23.7 Å². The molecule has 6 rings (SSSR count). The van der Waals surface area contributed by atoms with E-state index in [1.807, 2.05) is 0 Å². The first-order chi connectivity index (χ1) is 18.0. The summed E-state index contributed by atoms with van der Waals surface area (Å²) in [6.07, 6.45) is -3.42. The summed E-state index contributed by atoms with van der Waals surface area (Å²) in [5.41, 5.74) is -4.76. The third-order valence-electron chi connectivity index (χ3n) is 8.04. The third kappa shape index (κ3) is 3.68. The standard InChI is InChI=1S/C30H22F6O2/c31-29(32,33)25-20-13-11-18(15-20)23(25)28(22-9-5-2-6-10-22,38-27(37)17-7-3-1-4-8-17)24-19-12-14-21(16-19)26(24)30(34,35)36/h1-14,18-21H,15-16H2/t18-,19-,20+,21+/m1/s1. The average molecular weight is 528 g/mol. The smallest absolute Gasteiger partial charge is 0.413 e. The Hall–Kier alpha value is -3.55. The summed E-state index contributed by atoms with van der Waals surface area (Å²) in [5.74, 6) is -4.68. The number of halogens is 6. The van der Waals surface area contributed by atoms with Gasteiger partial charge in [-0.15, -0.1) is 0 Å². The number of carbonyl (C=O) groups is 1. The van der Waals surface area contributed by atoms with Crippen molar-refractivity contribution in [1.29, 1.82) is 0 Å². The third-order valence-corrected chi connectivity index (χ3v) is 8.04. The number of esters is 1. The second-order valence-electron chi connectivity index (χ2n) is 10.1. The maximum atomic E-state index is 14.7. The zero-order valence-electron chi connectivity index (χ0n) is 19.9. The van der Waals surface area contributed by atoms with Crippen LogP contribution in [0.4, 0.5) is 26.3 Å². The number of ether oxygens (including phenoxy) is 1. The quantitative estimate of drug-likeness (QED) is 0.224. The molecule has 0 unspecified atom stereocenters. The van der Waals surface area contributed by atoms with Crippen molar-refractivity contribution < 1.29 is 35.9 Å². The normalized spacial score (nSPS) is 26.2. The monoisotopic (exact) mass is 528 g/mol. The zero-order valence-corrected chi connectivity index (χ0v) is 19.9. The first kappa shape index (κ1) is 24.8. The average Bonchev–Trinajstić information content (AvgIpc) is 3.68. The first-order valence-corrected chi connectivity index (χ1v) is 12.4. The molecule has 0 radical (unpaired) electrons. The molecule has 0 saturated carbocycles. The Morgan fingerprint density at radius 3 is 1.42 bits per heavy atom. The molecule has 0 fully saturated rings. The van der Waals surface area contributed by atoms with Crippen LogP contribution in [0.3, 0.4) is 0 Å². The fourth-order valence-electron chi connectivity index (χ4n) is 6.75. The lowest BCUT2D eigenvalue weighted by Gasteiger charge is -2.43. The summed E-state index contributed by atoms with van der Waals surface area (Å²) >= 11 is 0. The Kier molecular flexibility index (Phi) is 5.53. The van der Waals surface area contributed by atoms with Gasteiger partial charge in [0.15, 0.2) is 5.60 Å². The van der Waals surface area contributed by atoms with E-state index in [0.29, 0.717) is 0 Å². The second kappa shape index (κ2) is 8.48. The lowest BCUT2D eigenvalue weighted by molar-refractivity contribution is -0.101. The molecular formula is C30H22F6O2. The van der Waals surface area contributed by atoms with Crippen molar-refractivity contribution in [1.82, 2.24) is 0 Å². The van der Waals surface area contributed by atoms with Crippen LogP contribution in [0.1, 0.15) is 28.8 Å². The van der Waals surface area contributed by atoms with Crippen molar-refractivity contribution in [3.63, 3.8) is 0 Å². The number of allylic oxidation sites excluding steroid dienone is 6. The Bertz CT molecular complexity index is 1340. The highest BCUT2D eigenvalue weighted by molar-refractivity contribution is 5.90. The number of rotatable bonds is 5. The molecular weight excluding hydrogens is 506 g/mol. The van der Waals surface area contributed by atoms with Crippen molar-refractivity contribution in [3.8, 4) is 0 Å². The van der Waals surface area contributed by atoms with Gasteiger partial charge in [-0.25, -0.2) is 4.79 Å². The molecule has 0 amide bonds. The van der Waals surface area contributed by atoms with E-state index in [4.69, 9.17) is 4.74 Å². The summed E-state index contributed by atoms with van der Waals surface area (Å²) in [4.78, 5) is 13.6. The molecule has 4 bridgehead atoms. The highest BCUT2D eigenvalue weighted by Crippen LogP contribution is 2.64. The van der Waals surface area contributed by atoms with E-state index in [-0.39, 0.29) is 35.1 Å². The van der Waals surface area contributed by atoms with Crippen molar-refractivity contribution in [2.45, 2.75) is 30.8 Å². The van der Waals surface area contributed by atoms with Gasteiger partial charge in [0, 0.05) is 40.4 Å². The molecule has 2 nitrogen and oxygen atoms in total. The highest BCUT2D eigenvalue weighted by Gasteiger charge is 2.63. The number of alkyl halides is 6. The van der Waals surface area contributed by atoms with Crippen molar-refractivity contribution in [3.05, 3.63) is 118 Å². The molecule has 0 N–H and O–H groups in total. The topological polar surface area (TPSA) is 26.3 Å². The number of hydrogen-bond acceptors (Lipinski definition) is 2. The summed E-state index contributed by atoms with van der Waals surface area (Å²) in [6.45, 7) is 0. The van der Waals surface area contributed by atoms with Crippen molar-refractivity contribution >= 4 is 5.97 Å². The van der Waals surface area contributed by atoms with Gasteiger partial charge in [-0.05, 0) is 36.1 Å². The van der Waals surface area contributed by atoms with E-state index in [0.717, 1.165) is 0 Å². The molecule has 0 aromatic heterocycles. The molecule has 0 spiro atoms. The van der Waals surface area contributed by atoms with Crippen LogP contribution in [0.15, 0.2) is 107 Å². The number of hydrogen-bond donors (Lipinski definition) is 0. The van der Waals surface area contributed by atoms with Crippen molar-refractivity contribution in [2.24, 2.45) is 23.7 Å². The van der Waals surface area contributed by atoms with E-state index < -0.39 is 58.7 Å². The number of benzene rings is 2. The molecule has 2 aromatic rings. The second-order valence-corrected chi connectivity index (χ2v) is 10.1. The van der Waals surface area contributed by atoms with Crippen LogP contribution in [0.2, 0.25) is 0 Å². The highest BCUT2D eigenvalue weighted by atomic mass is 19.4. The van der Waals surface area contributed by atoms with Gasteiger partial charge in [0.25, 0.3) is 0 Å². The fourth-order valence-corrected chi connectivity index (χ4v) is 6.75. The van der Waals surface area contributed by atoms with E-state index in [1.54, 1.807) is 36.4 Å². The van der Waals surface area contributed by atoms with E-state index >= 15 is 0 Å². The SMILES string of the molecule is O=C(OC(C1=C(C(F)(F)F)[C@H]2C=C[C@@H]1C2)(C1=C(C(F)(F)F)[C@H]2C=C[C@@H]1C2)c1ccccc1)c1ccccc1. The maximum Gasteiger partial charge on any atom is 0.413 e. The van der Waals surface area contributed by atoms with Crippen LogP contribution in [-0.2, 0) is 10.3 Å². The van der Waals surface area contributed by atoms with E-state index in [9.17, 15) is 31.1 Å². The molecule has 38 heavy (non-hydrogen) atoms. The molecule has 0 saturated heterocycles. The van der Waals surface area contributed by atoms with Crippen LogP contribution in [0.5, 0.6) is 0 Å². The lowest BCUT2D eigenvalue weighted by atomic mass is 9.69. The van der Waals surface area contributed by atoms with Crippen molar-refractivity contribution in [2.75, 3.05) is 0 Å². The Balaban J connectivity index is 1.71. The predicted octanol–water partition coefficient (Wildman–Crippen LogP) is 7.87. The molecule has 4 aliphatic carbocycles. The van der Waals surface area contributed by atoms with Crippen LogP contribution in [-0.4, -0.2) is 18.3 Å². The van der Waals surface area contributed by atoms with Gasteiger partial charge in [-0.2, -0.15) is 26.3 Å². The number of carbonyl (C=O) groups excluding carboxylic acids is 1. The summed E-state index contributed by atoms with van der Waals surface area (Å²) < 4.78 is 94.3. The Labute approximate surface area is 215 Å².